The van der Waals surface area contributed by atoms with Gasteiger partial charge in [-0.1, -0.05) is 6.07 Å². The van der Waals surface area contributed by atoms with Crippen LogP contribution in [0, 0.1) is 0 Å². The minimum atomic E-state index is -0.157. The first-order valence-corrected chi connectivity index (χ1v) is 6.11. The lowest BCUT2D eigenvalue weighted by atomic mass is 10.1. The van der Waals surface area contributed by atoms with Crippen LogP contribution in [0.25, 0.3) is 0 Å². The normalized spacial score (nSPS) is 16.3. The Morgan fingerprint density at radius 3 is 2.78 bits per heavy atom. The summed E-state index contributed by atoms with van der Waals surface area (Å²) in [6, 6.07) is 4.64. The molecule has 1 aliphatic carbocycles. The molecule has 1 aliphatic rings. The molecule has 0 bridgehead atoms. The molecule has 0 aliphatic heterocycles. The molecule has 18 heavy (non-hydrogen) atoms. The van der Waals surface area contributed by atoms with Gasteiger partial charge in [0.2, 0.25) is 5.91 Å². The van der Waals surface area contributed by atoms with E-state index in [0.29, 0.717) is 11.6 Å². The number of carbonyl (C=O) groups excluding carboxylic acids is 1. The van der Waals surface area contributed by atoms with Gasteiger partial charge < -0.3 is 20.8 Å². The summed E-state index contributed by atoms with van der Waals surface area (Å²) in [4.78, 5) is 11.5. The van der Waals surface area contributed by atoms with Crippen LogP contribution in [0.15, 0.2) is 18.2 Å². The third-order valence-electron chi connectivity index (χ3n) is 2.99. The van der Waals surface area contributed by atoms with Gasteiger partial charge in [0.25, 0.3) is 0 Å². The van der Waals surface area contributed by atoms with E-state index in [2.05, 4.69) is 10.6 Å². The van der Waals surface area contributed by atoms with Crippen LogP contribution in [0.1, 0.15) is 31.4 Å². The fourth-order valence-electron chi connectivity index (χ4n) is 1.76. The number of hydrogen-bond donors (Lipinski definition) is 4. The molecule has 1 amide bonds. The van der Waals surface area contributed by atoms with Crippen LogP contribution in [-0.2, 0) is 4.79 Å². The maximum atomic E-state index is 11.5. The number of hydrogen-bond acceptors (Lipinski definition) is 4. The van der Waals surface area contributed by atoms with Gasteiger partial charge in [0.15, 0.2) is 0 Å². The summed E-state index contributed by atoms with van der Waals surface area (Å²) in [5, 5.41) is 24.8. The zero-order valence-corrected chi connectivity index (χ0v) is 10.3. The number of nitrogens with one attached hydrogen (secondary N) is 2. The number of carbonyl (C=O) groups is 1. The second-order valence-corrected chi connectivity index (χ2v) is 4.69. The van der Waals surface area contributed by atoms with Crippen LogP contribution in [0.2, 0.25) is 0 Å². The van der Waals surface area contributed by atoms with E-state index in [-0.39, 0.29) is 30.0 Å². The fraction of sp³-hybridized carbons (Fsp3) is 0.462. The summed E-state index contributed by atoms with van der Waals surface area (Å²) >= 11 is 0. The third kappa shape index (κ3) is 3.37. The Kier molecular flexibility index (Phi) is 3.72. The van der Waals surface area contributed by atoms with Crippen LogP contribution < -0.4 is 10.6 Å². The van der Waals surface area contributed by atoms with Crippen molar-refractivity contribution in [3.05, 3.63) is 23.8 Å². The lowest BCUT2D eigenvalue weighted by Crippen LogP contribution is -2.36. The predicted molar refractivity (Wildman–Crippen MR) is 67.4 cm³/mol. The number of phenols is 2. The van der Waals surface area contributed by atoms with Gasteiger partial charge in [-0.2, -0.15) is 0 Å². The van der Waals surface area contributed by atoms with Crippen molar-refractivity contribution >= 4 is 5.91 Å². The van der Waals surface area contributed by atoms with E-state index in [0.717, 1.165) is 12.8 Å². The summed E-state index contributed by atoms with van der Waals surface area (Å²) in [7, 11) is 0. The van der Waals surface area contributed by atoms with E-state index in [1.807, 2.05) is 6.92 Å². The average Bonchev–Trinajstić information content (AvgIpc) is 3.10. The molecular weight excluding hydrogens is 232 g/mol. The molecule has 0 aromatic heterocycles. The Labute approximate surface area is 106 Å². The second-order valence-electron chi connectivity index (χ2n) is 4.69. The molecule has 1 saturated carbocycles. The first-order valence-electron chi connectivity index (χ1n) is 6.11. The average molecular weight is 250 g/mol. The molecule has 1 atom stereocenters. The number of rotatable bonds is 5. The molecule has 1 unspecified atom stereocenters. The van der Waals surface area contributed by atoms with Crippen LogP contribution in [0.4, 0.5) is 0 Å². The van der Waals surface area contributed by atoms with E-state index < -0.39 is 0 Å². The van der Waals surface area contributed by atoms with Crippen molar-refractivity contribution in [2.75, 3.05) is 6.54 Å². The largest absolute Gasteiger partial charge is 0.508 e. The monoisotopic (exact) mass is 250 g/mol. The maximum absolute atomic E-state index is 11.5. The molecule has 0 saturated heterocycles. The topological polar surface area (TPSA) is 81.6 Å². The Morgan fingerprint density at radius 1 is 1.44 bits per heavy atom. The number of aromatic hydroxyl groups is 2. The van der Waals surface area contributed by atoms with Crippen molar-refractivity contribution in [3.63, 3.8) is 0 Å². The molecule has 2 rings (SSSR count). The minimum Gasteiger partial charge on any atom is -0.508 e. The van der Waals surface area contributed by atoms with Gasteiger partial charge in [-0.25, -0.2) is 0 Å². The van der Waals surface area contributed by atoms with E-state index in [1.54, 1.807) is 6.07 Å². The Bertz CT molecular complexity index is 444. The van der Waals surface area contributed by atoms with Crippen LogP contribution >= 0.6 is 0 Å². The summed E-state index contributed by atoms with van der Waals surface area (Å²) < 4.78 is 0. The highest BCUT2D eigenvalue weighted by Crippen LogP contribution is 2.27. The third-order valence-corrected chi connectivity index (χ3v) is 2.99. The van der Waals surface area contributed by atoms with Gasteiger partial charge in [0, 0.05) is 23.7 Å². The molecule has 1 aromatic carbocycles. The van der Waals surface area contributed by atoms with Crippen LogP contribution in [0.5, 0.6) is 11.5 Å². The van der Waals surface area contributed by atoms with Crippen molar-refractivity contribution < 1.29 is 15.0 Å². The maximum Gasteiger partial charge on any atom is 0.234 e. The number of phenolic OH excluding ortho intramolecular Hbond substituents is 2. The van der Waals surface area contributed by atoms with Gasteiger partial charge in [-0.3, -0.25) is 4.79 Å². The fourth-order valence-corrected chi connectivity index (χ4v) is 1.76. The summed E-state index contributed by atoms with van der Waals surface area (Å²) in [6.45, 7) is 2.08. The van der Waals surface area contributed by atoms with Crippen molar-refractivity contribution in [1.29, 1.82) is 0 Å². The lowest BCUT2D eigenvalue weighted by molar-refractivity contribution is -0.120. The molecule has 1 fully saturated rings. The first kappa shape index (κ1) is 12.7. The van der Waals surface area contributed by atoms with Gasteiger partial charge in [-0.15, -0.1) is 0 Å². The Hall–Kier alpha value is -1.75. The van der Waals surface area contributed by atoms with Crippen LogP contribution in [-0.4, -0.2) is 28.7 Å². The summed E-state index contributed by atoms with van der Waals surface area (Å²) in [5.41, 5.74) is 0.659. The van der Waals surface area contributed by atoms with Gasteiger partial charge in [-0.05, 0) is 25.8 Å². The van der Waals surface area contributed by atoms with E-state index >= 15 is 0 Å². The molecule has 0 radical (unpaired) electrons. The Morgan fingerprint density at radius 2 is 2.17 bits per heavy atom. The van der Waals surface area contributed by atoms with Gasteiger partial charge in [0.1, 0.15) is 11.5 Å². The highest BCUT2D eigenvalue weighted by molar-refractivity contribution is 5.78. The first-order chi connectivity index (χ1) is 8.56. The molecule has 4 N–H and O–H groups in total. The molecule has 98 valence electrons. The van der Waals surface area contributed by atoms with E-state index in [1.165, 1.54) is 12.1 Å². The molecular formula is C13H18N2O3. The Balaban J connectivity index is 1.86. The highest BCUT2D eigenvalue weighted by atomic mass is 16.3. The van der Waals surface area contributed by atoms with Crippen molar-refractivity contribution in [1.82, 2.24) is 10.6 Å². The molecule has 5 heteroatoms. The van der Waals surface area contributed by atoms with Gasteiger partial charge in [0.05, 0.1) is 6.54 Å². The zero-order valence-electron chi connectivity index (χ0n) is 10.3. The molecule has 0 spiro atoms. The number of benzene rings is 1. The molecule has 5 nitrogen and oxygen atoms in total. The summed E-state index contributed by atoms with van der Waals surface area (Å²) in [6.07, 6.45) is 2.14. The van der Waals surface area contributed by atoms with E-state index in [9.17, 15) is 15.0 Å². The zero-order chi connectivity index (χ0) is 13.1. The molecule has 0 heterocycles. The second kappa shape index (κ2) is 5.27. The van der Waals surface area contributed by atoms with E-state index in [4.69, 9.17) is 0 Å². The van der Waals surface area contributed by atoms with Crippen molar-refractivity contribution in [2.45, 2.75) is 31.8 Å². The molecule has 1 aromatic rings. The highest BCUT2D eigenvalue weighted by Gasteiger charge is 2.23. The smallest absolute Gasteiger partial charge is 0.234 e. The van der Waals surface area contributed by atoms with Gasteiger partial charge >= 0.3 is 0 Å². The predicted octanol–water partition coefficient (Wildman–Crippen LogP) is 1.03. The summed E-state index contributed by atoms with van der Waals surface area (Å²) in [5.74, 6) is 0.0233. The minimum absolute atomic E-state index is 0.0231. The SMILES string of the molecule is CC(NCC(=O)NC1CC1)c1ccc(O)cc1O. The van der Waals surface area contributed by atoms with Crippen LogP contribution in [0.3, 0.4) is 0 Å². The standard InChI is InChI=1S/C13H18N2O3/c1-8(11-5-4-10(16)6-12(11)17)14-7-13(18)15-9-2-3-9/h4-6,8-9,14,16-17H,2-3,7H2,1H3,(H,15,18). The number of amides is 1. The lowest BCUT2D eigenvalue weighted by Gasteiger charge is -2.15. The van der Waals surface area contributed by atoms with Crippen molar-refractivity contribution in [2.24, 2.45) is 0 Å². The van der Waals surface area contributed by atoms with Crippen molar-refractivity contribution in [3.8, 4) is 11.5 Å². The quantitative estimate of drug-likeness (QED) is 0.629.